The quantitative estimate of drug-likeness (QED) is 0.816. The van der Waals surface area contributed by atoms with Gasteiger partial charge in [-0.05, 0) is 25.1 Å². The van der Waals surface area contributed by atoms with Crippen molar-refractivity contribution in [2.45, 2.75) is 18.5 Å². The number of benzene rings is 1. The van der Waals surface area contributed by atoms with Gasteiger partial charge in [0.05, 0.1) is 6.54 Å². The summed E-state index contributed by atoms with van der Waals surface area (Å²) >= 11 is 5.79. The largest absolute Gasteiger partial charge is 0.329 e. The Bertz CT molecular complexity index is 728. The summed E-state index contributed by atoms with van der Waals surface area (Å²) in [6, 6.07) is 4.17. The van der Waals surface area contributed by atoms with E-state index in [2.05, 4.69) is 4.98 Å². The zero-order chi connectivity index (χ0) is 14.2. The fourth-order valence-electron chi connectivity index (χ4n) is 1.60. The first-order valence-electron chi connectivity index (χ1n) is 5.20. The van der Waals surface area contributed by atoms with E-state index in [1.807, 2.05) is 0 Å². The first-order valence-corrected chi connectivity index (χ1v) is 7.88. The second kappa shape index (κ2) is 5.11. The summed E-state index contributed by atoms with van der Waals surface area (Å²) in [6.45, 7) is 1.73. The molecule has 0 saturated heterocycles. The van der Waals surface area contributed by atoms with Crippen LogP contribution in [0.5, 0.6) is 0 Å². The lowest BCUT2D eigenvalue weighted by Gasteiger charge is -2.06. The van der Waals surface area contributed by atoms with Crippen LogP contribution in [0.4, 0.5) is 4.39 Å². The lowest BCUT2D eigenvalue weighted by molar-refractivity contribution is 0.597. The second-order valence-electron chi connectivity index (χ2n) is 3.93. The lowest BCUT2D eigenvalue weighted by Crippen LogP contribution is -2.02. The molecule has 0 aliphatic heterocycles. The van der Waals surface area contributed by atoms with Crippen molar-refractivity contribution in [2.75, 3.05) is 0 Å². The molecular formula is C11H9Cl2FN2O2S. The van der Waals surface area contributed by atoms with E-state index in [-0.39, 0.29) is 11.6 Å². The minimum Gasteiger partial charge on any atom is -0.329 e. The summed E-state index contributed by atoms with van der Waals surface area (Å²) in [4.78, 5) is 3.82. The average Bonchev–Trinajstić information content (AvgIpc) is 2.65. The summed E-state index contributed by atoms with van der Waals surface area (Å²) in [6.07, 6.45) is 1.26. The Labute approximate surface area is 119 Å². The molecule has 0 fully saturated rings. The number of aryl methyl sites for hydroxylation is 1. The molecule has 0 aliphatic carbocycles. The third-order valence-corrected chi connectivity index (χ3v) is 3.96. The van der Waals surface area contributed by atoms with Crippen molar-refractivity contribution in [2.24, 2.45) is 0 Å². The van der Waals surface area contributed by atoms with E-state index in [9.17, 15) is 12.8 Å². The van der Waals surface area contributed by atoms with Gasteiger partial charge in [0.2, 0.25) is 0 Å². The van der Waals surface area contributed by atoms with Gasteiger partial charge in [-0.2, -0.15) is 0 Å². The summed E-state index contributed by atoms with van der Waals surface area (Å²) < 4.78 is 37.4. The smallest absolute Gasteiger partial charge is 0.280 e. The van der Waals surface area contributed by atoms with Crippen LogP contribution in [-0.4, -0.2) is 18.0 Å². The molecule has 0 bridgehead atoms. The third-order valence-electron chi connectivity index (χ3n) is 2.55. The maximum absolute atomic E-state index is 13.6. The highest BCUT2D eigenvalue weighted by molar-refractivity contribution is 8.13. The normalized spacial score (nSPS) is 11.8. The van der Waals surface area contributed by atoms with Crippen LogP contribution < -0.4 is 0 Å². The third kappa shape index (κ3) is 3.26. The van der Waals surface area contributed by atoms with Gasteiger partial charge in [0.25, 0.3) is 9.05 Å². The van der Waals surface area contributed by atoms with Crippen LogP contribution in [0.2, 0.25) is 5.02 Å². The summed E-state index contributed by atoms with van der Waals surface area (Å²) in [5, 5.41) is 0.147. The van der Waals surface area contributed by atoms with Gasteiger partial charge in [0.15, 0.2) is 5.03 Å². The molecule has 0 unspecified atom stereocenters. The highest BCUT2D eigenvalue weighted by Crippen LogP contribution is 2.19. The minimum atomic E-state index is -3.89. The van der Waals surface area contributed by atoms with Crippen molar-refractivity contribution in [1.29, 1.82) is 0 Å². The summed E-state index contributed by atoms with van der Waals surface area (Å²) in [5.74, 6) is -0.00798. The Morgan fingerprint density at radius 3 is 2.68 bits per heavy atom. The maximum Gasteiger partial charge on any atom is 0.280 e. The van der Waals surface area contributed by atoms with E-state index in [1.165, 1.54) is 29.0 Å². The summed E-state index contributed by atoms with van der Waals surface area (Å²) in [5.41, 5.74) is 0.339. The summed E-state index contributed by atoms with van der Waals surface area (Å²) in [7, 11) is 1.31. The van der Waals surface area contributed by atoms with E-state index in [1.54, 1.807) is 6.92 Å². The number of imidazole rings is 1. The lowest BCUT2D eigenvalue weighted by atomic mass is 10.2. The number of nitrogens with zero attached hydrogens (tertiary/aromatic N) is 2. The molecule has 8 heteroatoms. The van der Waals surface area contributed by atoms with Crippen LogP contribution in [0.25, 0.3) is 0 Å². The average molecular weight is 323 g/mol. The van der Waals surface area contributed by atoms with Crippen molar-refractivity contribution in [3.8, 4) is 0 Å². The van der Waals surface area contributed by atoms with Crippen molar-refractivity contribution in [3.05, 3.63) is 46.6 Å². The maximum atomic E-state index is 13.6. The molecule has 1 aromatic carbocycles. The fourth-order valence-corrected chi connectivity index (χ4v) is 2.52. The molecule has 0 spiro atoms. The fraction of sp³-hybridized carbons (Fsp3) is 0.182. The zero-order valence-electron chi connectivity index (χ0n) is 9.77. The Balaban J connectivity index is 2.39. The van der Waals surface area contributed by atoms with Crippen molar-refractivity contribution < 1.29 is 12.8 Å². The molecule has 0 atom stereocenters. The highest BCUT2D eigenvalue weighted by Gasteiger charge is 2.16. The van der Waals surface area contributed by atoms with E-state index in [0.29, 0.717) is 16.4 Å². The van der Waals surface area contributed by atoms with Crippen LogP contribution in [-0.2, 0) is 15.6 Å². The first-order chi connectivity index (χ1) is 8.77. The van der Waals surface area contributed by atoms with Gasteiger partial charge in [-0.3, -0.25) is 0 Å². The van der Waals surface area contributed by atoms with Crippen LogP contribution in [0.15, 0.2) is 29.4 Å². The number of hydrogen-bond donors (Lipinski definition) is 0. The minimum absolute atomic E-state index is 0.123. The van der Waals surface area contributed by atoms with Crippen molar-refractivity contribution in [3.63, 3.8) is 0 Å². The second-order valence-corrected chi connectivity index (χ2v) is 6.88. The van der Waals surface area contributed by atoms with E-state index >= 15 is 0 Å². The van der Waals surface area contributed by atoms with Crippen molar-refractivity contribution in [1.82, 2.24) is 9.55 Å². The highest BCUT2D eigenvalue weighted by atomic mass is 35.7. The van der Waals surface area contributed by atoms with Gasteiger partial charge in [0, 0.05) is 27.5 Å². The molecule has 1 aromatic heterocycles. The molecule has 0 saturated carbocycles. The Morgan fingerprint density at radius 2 is 2.11 bits per heavy atom. The molecule has 0 radical (unpaired) electrons. The Hall–Kier alpha value is -1.11. The number of rotatable bonds is 3. The molecule has 0 amide bonds. The molecule has 102 valence electrons. The predicted molar refractivity (Wildman–Crippen MR) is 70.5 cm³/mol. The van der Waals surface area contributed by atoms with E-state index < -0.39 is 14.9 Å². The molecule has 0 N–H and O–H groups in total. The molecule has 1 heterocycles. The van der Waals surface area contributed by atoms with Crippen LogP contribution in [0, 0.1) is 12.7 Å². The van der Waals surface area contributed by atoms with E-state index in [4.69, 9.17) is 22.3 Å². The Kier molecular flexibility index (Phi) is 3.85. The van der Waals surface area contributed by atoms with Gasteiger partial charge in [0.1, 0.15) is 11.6 Å². The standard InChI is InChI=1S/C11H9Cl2FN2O2S/c1-7-15-11(19(13,17)18)6-16(7)5-8-4-9(12)2-3-10(8)14/h2-4,6H,5H2,1H3. The van der Waals surface area contributed by atoms with Gasteiger partial charge >= 0.3 is 0 Å². The monoisotopic (exact) mass is 322 g/mol. The number of aromatic nitrogens is 2. The molecule has 0 aliphatic rings. The van der Waals surface area contributed by atoms with Crippen LogP contribution in [0.3, 0.4) is 0 Å². The van der Waals surface area contributed by atoms with Gasteiger partial charge < -0.3 is 4.57 Å². The van der Waals surface area contributed by atoms with E-state index in [0.717, 1.165) is 0 Å². The molecule has 2 rings (SSSR count). The number of hydrogen-bond acceptors (Lipinski definition) is 3. The molecule has 19 heavy (non-hydrogen) atoms. The zero-order valence-corrected chi connectivity index (χ0v) is 12.1. The van der Waals surface area contributed by atoms with Gasteiger partial charge in [-0.15, -0.1) is 0 Å². The molecule has 2 aromatic rings. The van der Waals surface area contributed by atoms with Crippen LogP contribution in [0.1, 0.15) is 11.4 Å². The molecule has 4 nitrogen and oxygen atoms in total. The number of halogens is 3. The van der Waals surface area contributed by atoms with Crippen molar-refractivity contribution >= 4 is 31.3 Å². The SMILES string of the molecule is Cc1nc(S(=O)(=O)Cl)cn1Cc1cc(Cl)ccc1F. The predicted octanol–water partition coefficient (Wildman–Crippen LogP) is 2.96. The first kappa shape index (κ1) is 14.3. The van der Waals surface area contributed by atoms with Gasteiger partial charge in [-0.25, -0.2) is 17.8 Å². The Morgan fingerprint density at radius 1 is 1.42 bits per heavy atom. The topological polar surface area (TPSA) is 52.0 Å². The van der Waals surface area contributed by atoms with Gasteiger partial charge in [-0.1, -0.05) is 11.6 Å². The van der Waals surface area contributed by atoms with Crippen LogP contribution >= 0.6 is 22.3 Å². The molecular weight excluding hydrogens is 314 g/mol.